The smallest absolute Gasteiger partial charge is 0.323 e. The lowest BCUT2D eigenvalue weighted by molar-refractivity contribution is -0.145. The lowest BCUT2D eigenvalue weighted by Crippen LogP contribution is -2.36. The third kappa shape index (κ3) is 4.37. The third-order valence-electron chi connectivity index (χ3n) is 2.68. The summed E-state index contributed by atoms with van der Waals surface area (Å²) in [4.78, 5) is 11.5. The lowest BCUT2D eigenvalue weighted by Gasteiger charge is -2.15. The maximum Gasteiger partial charge on any atom is 0.323 e. The van der Waals surface area contributed by atoms with E-state index in [0.717, 1.165) is 11.3 Å². The molecule has 18 heavy (non-hydrogen) atoms. The normalized spacial score (nSPS) is 11.9. The van der Waals surface area contributed by atoms with Crippen LogP contribution in [0.4, 0.5) is 0 Å². The van der Waals surface area contributed by atoms with E-state index in [4.69, 9.17) is 9.47 Å². The van der Waals surface area contributed by atoms with Crippen molar-refractivity contribution in [2.75, 3.05) is 20.3 Å². The van der Waals surface area contributed by atoms with Gasteiger partial charge in [-0.05, 0) is 32.5 Å². The van der Waals surface area contributed by atoms with Gasteiger partial charge in [-0.1, -0.05) is 18.2 Å². The summed E-state index contributed by atoms with van der Waals surface area (Å²) in [6, 6.07) is 7.51. The van der Waals surface area contributed by atoms with E-state index in [1.54, 1.807) is 14.0 Å². The molecule has 100 valence electrons. The van der Waals surface area contributed by atoms with Gasteiger partial charge < -0.3 is 14.8 Å². The molecule has 0 aliphatic rings. The molecule has 0 aliphatic carbocycles. The Balaban J connectivity index is 2.40. The maximum atomic E-state index is 11.5. The molecule has 0 saturated carbocycles. The minimum absolute atomic E-state index is 0.228. The molecule has 0 fully saturated rings. The molecule has 0 aromatic heterocycles. The maximum absolute atomic E-state index is 11.5. The summed E-state index contributed by atoms with van der Waals surface area (Å²) in [5.74, 6) is 0.629. The van der Waals surface area contributed by atoms with Gasteiger partial charge in [0.2, 0.25) is 0 Å². The lowest BCUT2D eigenvalue weighted by atomic mass is 10.2. The number of nitrogens with one attached hydrogen (secondary N) is 1. The van der Waals surface area contributed by atoms with Gasteiger partial charge in [0, 0.05) is 6.42 Å². The highest BCUT2D eigenvalue weighted by molar-refractivity contribution is 5.75. The van der Waals surface area contributed by atoms with Crippen molar-refractivity contribution in [3.05, 3.63) is 29.8 Å². The van der Waals surface area contributed by atoms with Crippen LogP contribution in [0.2, 0.25) is 0 Å². The Bertz CT molecular complexity index is 379. The molecule has 0 aliphatic heterocycles. The molecule has 1 rings (SSSR count). The monoisotopic (exact) mass is 251 g/mol. The molecule has 4 heteroatoms. The molecule has 0 saturated heterocycles. The molecule has 0 amide bonds. The van der Waals surface area contributed by atoms with Crippen molar-refractivity contribution in [3.63, 3.8) is 0 Å². The number of aryl methyl sites for hydroxylation is 1. The summed E-state index contributed by atoms with van der Waals surface area (Å²) in [6.07, 6.45) is 0.587. The summed E-state index contributed by atoms with van der Waals surface area (Å²) in [5.41, 5.74) is 1.09. The van der Waals surface area contributed by atoms with Crippen molar-refractivity contribution in [2.24, 2.45) is 0 Å². The molecule has 1 aromatic rings. The first kappa shape index (κ1) is 14.5. The zero-order valence-electron chi connectivity index (χ0n) is 11.2. The van der Waals surface area contributed by atoms with Gasteiger partial charge in [0.15, 0.2) is 0 Å². The third-order valence-corrected chi connectivity index (χ3v) is 2.68. The number of hydrogen-bond donors (Lipinski definition) is 1. The van der Waals surface area contributed by atoms with Gasteiger partial charge in [-0.3, -0.25) is 4.79 Å². The first-order valence-electron chi connectivity index (χ1n) is 6.21. The van der Waals surface area contributed by atoms with Gasteiger partial charge in [0.1, 0.15) is 11.8 Å². The quantitative estimate of drug-likeness (QED) is 0.752. The van der Waals surface area contributed by atoms with Crippen molar-refractivity contribution >= 4 is 5.97 Å². The molecule has 0 radical (unpaired) electrons. The van der Waals surface area contributed by atoms with Crippen LogP contribution in [0.3, 0.4) is 0 Å². The Morgan fingerprint density at radius 1 is 1.39 bits per heavy atom. The summed E-state index contributed by atoms with van der Waals surface area (Å²) in [6.45, 7) is 4.68. The highest BCUT2D eigenvalue weighted by Gasteiger charge is 2.17. The van der Waals surface area contributed by atoms with Crippen molar-refractivity contribution in [1.82, 2.24) is 5.32 Å². The summed E-state index contributed by atoms with van der Waals surface area (Å²) < 4.78 is 10.6. The second-order valence-electron chi connectivity index (χ2n) is 4.00. The Kier molecular flexibility index (Phi) is 6.22. The number of carbonyl (C=O) groups excluding carboxylic acids is 1. The standard InChI is InChI=1S/C14H21NO3/c1-4-17-14(16)12(15-3)9-10-18-13-8-6-5-7-11(13)2/h5-8,12,15H,4,9-10H2,1-3H3. The first-order valence-corrected chi connectivity index (χ1v) is 6.21. The van der Waals surface area contributed by atoms with Crippen molar-refractivity contribution in [2.45, 2.75) is 26.3 Å². The molecule has 1 unspecified atom stereocenters. The zero-order chi connectivity index (χ0) is 13.4. The molecular weight excluding hydrogens is 230 g/mol. The minimum atomic E-state index is -0.311. The Morgan fingerprint density at radius 3 is 2.72 bits per heavy atom. The van der Waals surface area contributed by atoms with Gasteiger partial charge in [-0.15, -0.1) is 0 Å². The number of carbonyl (C=O) groups is 1. The Labute approximate surface area is 108 Å². The summed E-state index contributed by atoms with van der Waals surface area (Å²) in [5, 5.41) is 2.93. The fraction of sp³-hybridized carbons (Fsp3) is 0.500. The van der Waals surface area contributed by atoms with Crippen LogP contribution in [-0.2, 0) is 9.53 Å². The van der Waals surface area contributed by atoms with E-state index in [1.165, 1.54) is 0 Å². The predicted octanol–water partition coefficient (Wildman–Crippen LogP) is 1.92. The fourth-order valence-corrected chi connectivity index (χ4v) is 1.63. The van der Waals surface area contributed by atoms with E-state index >= 15 is 0 Å². The van der Waals surface area contributed by atoms with E-state index in [0.29, 0.717) is 19.6 Å². The average Bonchev–Trinajstić information content (AvgIpc) is 2.37. The number of likely N-dealkylation sites (N-methyl/N-ethyl adjacent to an activating group) is 1. The highest BCUT2D eigenvalue weighted by atomic mass is 16.5. The van der Waals surface area contributed by atoms with Crippen molar-refractivity contribution in [1.29, 1.82) is 0 Å². The zero-order valence-corrected chi connectivity index (χ0v) is 11.2. The number of esters is 1. The van der Waals surface area contributed by atoms with Gasteiger partial charge in [-0.25, -0.2) is 0 Å². The topological polar surface area (TPSA) is 47.6 Å². The van der Waals surface area contributed by atoms with Gasteiger partial charge in [0.25, 0.3) is 0 Å². The van der Waals surface area contributed by atoms with Crippen LogP contribution < -0.4 is 10.1 Å². The number of ether oxygens (including phenoxy) is 2. The van der Waals surface area contributed by atoms with E-state index in [1.807, 2.05) is 31.2 Å². The number of hydrogen-bond acceptors (Lipinski definition) is 4. The molecule has 0 spiro atoms. The SMILES string of the molecule is CCOC(=O)C(CCOc1ccccc1C)NC. The van der Waals surface area contributed by atoms with E-state index in [-0.39, 0.29) is 12.0 Å². The van der Waals surface area contributed by atoms with Crippen LogP contribution in [-0.4, -0.2) is 32.3 Å². The van der Waals surface area contributed by atoms with Crippen LogP contribution in [0.15, 0.2) is 24.3 Å². The number of benzene rings is 1. The van der Waals surface area contributed by atoms with Crippen molar-refractivity contribution < 1.29 is 14.3 Å². The van der Waals surface area contributed by atoms with Crippen LogP contribution in [0, 0.1) is 6.92 Å². The second kappa shape index (κ2) is 7.71. The predicted molar refractivity (Wildman–Crippen MR) is 70.8 cm³/mol. The summed E-state index contributed by atoms with van der Waals surface area (Å²) in [7, 11) is 1.75. The van der Waals surface area contributed by atoms with Crippen LogP contribution in [0.5, 0.6) is 5.75 Å². The largest absolute Gasteiger partial charge is 0.493 e. The fourth-order valence-electron chi connectivity index (χ4n) is 1.63. The van der Waals surface area contributed by atoms with Gasteiger partial charge in [-0.2, -0.15) is 0 Å². The van der Waals surface area contributed by atoms with E-state index in [9.17, 15) is 4.79 Å². The van der Waals surface area contributed by atoms with Crippen molar-refractivity contribution in [3.8, 4) is 5.75 Å². The second-order valence-corrected chi connectivity index (χ2v) is 4.00. The molecule has 4 nitrogen and oxygen atoms in total. The molecular formula is C14H21NO3. The molecule has 1 aromatic carbocycles. The average molecular weight is 251 g/mol. The molecule has 1 atom stereocenters. The van der Waals surface area contributed by atoms with Crippen LogP contribution in [0.1, 0.15) is 18.9 Å². The number of para-hydroxylation sites is 1. The van der Waals surface area contributed by atoms with E-state index in [2.05, 4.69) is 5.32 Å². The molecule has 0 bridgehead atoms. The Morgan fingerprint density at radius 2 is 2.11 bits per heavy atom. The Hall–Kier alpha value is -1.55. The minimum Gasteiger partial charge on any atom is -0.493 e. The molecule has 0 heterocycles. The van der Waals surface area contributed by atoms with Crippen LogP contribution in [0.25, 0.3) is 0 Å². The summed E-state index contributed by atoms with van der Waals surface area (Å²) >= 11 is 0. The van der Waals surface area contributed by atoms with E-state index < -0.39 is 0 Å². The van der Waals surface area contributed by atoms with Crippen LogP contribution >= 0.6 is 0 Å². The highest BCUT2D eigenvalue weighted by Crippen LogP contribution is 2.16. The van der Waals surface area contributed by atoms with Gasteiger partial charge >= 0.3 is 5.97 Å². The molecule has 1 N–H and O–H groups in total. The first-order chi connectivity index (χ1) is 8.69. The number of rotatable bonds is 7. The van der Waals surface area contributed by atoms with Gasteiger partial charge in [0.05, 0.1) is 13.2 Å².